The molecule has 0 aromatic heterocycles. The van der Waals surface area contributed by atoms with Crippen molar-refractivity contribution in [1.82, 2.24) is 4.31 Å². The average molecular weight is 350 g/mol. The molecule has 0 amide bonds. The molecule has 3 nitrogen and oxygen atoms in total. The Morgan fingerprint density at radius 3 is 2.58 bits per heavy atom. The lowest BCUT2D eigenvalue weighted by Gasteiger charge is -2.34. The third-order valence-corrected chi connectivity index (χ3v) is 6.25. The highest BCUT2D eigenvalue weighted by molar-refractivity contribution is 9.09. The van der Waals surface area contributed by atoms with Crippen LogP contribution in [-0.4, -0.2) is 31.1 Å². The highest BCUT2D eigenvalue weighted by Crippen LogP contribution is 2.34. The summed E-state index contributed by atoms with van der Waals surface area (Å²) < 4.78 is 39.2. The van der Waals surface area contributed by atoms with Crippen LogP contribution in [-0.2, 0) is 10.0 Å². The molecule has 0 bridgehead atoms. The molecule has 1 saturated carbocycles. The Morgan fingerprint density at radius 2 is 2.05 bits per heavy atom. The fourth-order valence-electron chi connectivity index (χ4n) is 2.34. The highest BCUT2D eigenvalue weighted by atomic mass is 79.9. The van der Waals surface area contributed by atoms with Gasteiger partial charge in [0.1, 0.15) is 5.82 Å². The molecule has 0 radical (unpaired) electrons. The number of benzene rings is 1. The van der Waals surface area contributed by atoms with Crippen LogP contribution < -0.4 is 0 Å². The summed E-state index contributed by atoms with van der Waals surface area (Å²) in [7, 11) is -1.94. The lowest BCUT2D eigenvalue weighted by Crippen LogP contribution is -2.37. The van der Waals surface area contributed by atoms with E-state index in [9.17, 15) is 12.8 Å². The lowest BCUT2D eigenvalue weighted by molar-refractivity contribution is 0.275. The maximum atomic E-state index is 13.0. The second kappa shape index (κ2) is 5.50. The van der Waals surface area contributed by atoms with Crippen molar-refractivity contribution in [3.63, 3.8) is 0 Å². The van der Waals surface area contributed by atoms with Crippen molar-refractivity contribution in [3.05, 3.63) is 29.6 Å². The van der Waals surface area contributed by atoms with E-state index >= 15 is 0 Å². The Kier molecular flexibility index (Phi) is 4.32. The van der Waals surface area contributed by atoms with Crippen molar-refractivity contribution < 1.29 is 12.8 Å². The van der Waals surface area contributed by atoms with Crippen LogP contribution in [0.1, 0.15) is 18.4 Å². The van der Waals surface area contributed by atoms with Crippen molar-refractivity contribution in [2.45, 2.75) is 29.5 Å². The summed E-state index contributed by atoms with van der Waals surface area (Å²) in [6, 6.07) is 3.77. The molecule has 2 rings (SSSR count). The molecule has 0 unspecified atom stereocenters. The van der Waals surface area contributed by atoms with Gasteiger partial charge in [0, 0.05) is 18.4 Å². The molecule has 0 spiro atoms. The minimum atomic E-state index is -3.52. The van der Waals surface area contributed by atoms with Crippen LogP contribution in [0.15, 0.2) is 23.1 Å². The van der Waals surface area contributed by atoms with Crippen molar-refractivity contribution in [2.24, 2.45) is 5.92 Å². The molecule has 1 aromatic rings. The van der Waals surface area contributed by atoms with Crippen LogP contribution in [0.2, 0.25) is 0 Å². The molecule has 0 atom stereocenters. The van der Waals surface area contributed by atoms with Gasteiger partial charge in [-0.1, -0.05) is 15.9 Å². The zero-order valence-electron chi connectivity index (χ0n) is 10.9. The molecule has 106 valence electrons. The number of alkyl halides is 1. The van der Waals surface area contributed by atoms with Gasteiger partial charge in [0.2, 0.25) is 10.0 Å². The zero-order valence-corrected chi connectivity index (χ0v) is 13.3. The van der Waals surface area contributed by atoms with Crippen LogP contribution in [0.5, 0.6) is 0 Å². The molecule has 1 fully saturated rings. The Bertz CT molecular complexity index is 570. The van der Waals surface area contributed by atoms with E-state index < -0.39 is 15.8 Å². The maximum Gasteiger partial charge on any atom is 0.243 e. The van der Waals surface area contributed by atoms with Gasteiger partial charge in [-0.3, -0.25) is 0 Å². The van der Waals surface area contributed by atoms with Gasteiger partial charge in [0.05, 0.1) is 4.90 Å². The number of aryl methyl sites for hydroxylation is 1. The molecule has 1 aromatic carbocycles. The SMILES string of the molecule is Cc1cc(F)ccc1S(=O)(=O)N(C)CC1CC(Br)C1. The standard InChI is InChI=1S/C13H17BrFNO2S/c1-9-5-12(15)3-4-13(9)19(17,18)16(2)8-10-6-11(14)7-10/h3-5,10-11H,6-8H2,1-2H3. The number of rotatable bonds is 4. The van der Waals surface area contributed by atoms with Gasteiger partial charge in [0.15, 0.2) is 0 Å². The number of nitrogens with zero attached hydrogens (tertiary/aromatic N) is 1. The van der Waals surface area contributed by atoms with Crippen LogP contribution in [0, 0.1) is 18.7 Å². The normalized spacial score (nSPS) is 23.4. The second-order valence-electron chi connectivity index (χ2n) is 5.13. The van der Waals surface area contributed by atoms with Gasteiger partial charge in [-0.2, -0.15) is 0 Å². The Morgan fingerprint density at radius 1 is 1.42 bits per heavy atom. The monoisotopic (exact) mass is 349 g/mol. The van der Waals surface area contributed by atoms with E-state index in [0.29, 0.717) is 22.9 Å². The first-order chi connectivity index (χ1) is 8.80. The van der Waals surface area contributed by atoms with Crippen LogP contribution >= 0.6 is 15.9 Å². The fraction of sp³-hybridized carbons (Fsp3) is 0.538. The first kappa shape index (κ1) is 14.9. The van der Waals surface area contributed by atoms with E-state index in [2.05, 4.69) is 15.9 Å². The topological polar surface area (TPSA) is 37.4 Å². The minimum Gasteiger partial charge on any atom is -0.207 e. The fourth-order valence-corrected chi connectivity index (χ4v) is 4.84. The minimum absolute atomic E-state index is 0.186. The van der Waals surface area contributed by atoms with E-state index in [0.717, 1.165) is 12.8 Å². The van der Waals surface area contributed by atoms with Crippen LogP contribution in [0.3, 0.4) is 0 Å². The Balaban J connectivity index is 2.16. The molecule has 0 heterocycles. The van der Waals surface area contributed by atoms with E-state index in [-0.39, 0.29) is 4.90 Å². The molecule has 1 aliphatic carbocycles. The number of halogens is 2. The van der Waals surface area contributed by atoms with Crippen LogP contribution in [0.25, 0.3) is 0 Å². The average Bonchev–Trinajstić information content (AvgIpc) is 2.26. The molecule has 19 heavy (non-hydrogen) atoms. The van der Waals surface area contributed by atoms with E-state index in [1.54, 1.807) is 14.0 Å². The molecule has 6 heteroatoms. The van der Waals surface area contributed by atoms with Gasteiger partial charge in [0.25, 0.3) is 0 Å². The van der Waals surface area contributed by atoms with Crippen molar-refractivity contribution in [2.75, 3.05) is 13.6 Å². The number of hydrogen-bond donors (Lipinski definition) is 0. The summed E-state index contributed by atoms with van der Waals surface area (Å²) in [4.78, 5) is 0.701. The number of sulfonamides is 1. The molecular formula is C13H17BrFNO2S. The van der Waals surface area contributed by atoms with Crippen LogP contribution in [0.4, 0.5) is 4.39 Å². The molecule has 0 N–H and O–H groups in total. The Hall–Kier alpha value is -0.460. The second-order valence-corrected chi connectivity index (χ2v) is 8.44. The zero-order chi connectivity index (χ0) is 14.2. The first-order valence-corrected chi connectivity index (χ1v) is 8.53. The van der Waals surface area contributed by atoms with Crippen molar-refractivity contribution in [1.29, 1.82) is 0 Å². The van der Waals surface area contributed by atoms with E-state index in [1.807, 2.05) is 0 Å². The predicted octanol–water partition coefficient (Wildman–Crippen LogP) is 2.93. The molecule has 0 aliphatic heterocycles. The lowest BCUT2D eigenvalue weighted by atomic mass is 9.85. The predicted molar refractivity (Wildman–Crippen MR) is 76.4 cm³/mol. The van der Waals surface area contributed by atoms with Crippen molar-refractivity contribution >= 4 is 26.0 Å². The maximum absolute atomic E-state index is 13.0. The molecular weight excluding hydrogens is 333 g/mol. The summed E-state index contributed by atoms with van der Waals surface area (Å²) in [6.07, 6.45) is 2.00. The van der Waals surface area contributed by atoms with Gasteiger partial charge in [-0.15, -0.1) is 0 Å². The number of hydrogen-bond acceptors (Lipinski definition) is 2. The van der Waals surface area contributed by atoms with E-state index in [4.69, 9.17) is 0 Å². The molecule has 0 saturated heterocycles. The third kappa shape index (κ3) is 3.17. The van der Waals surface area contributed by atoms with Gasteiger partial charge >= 0.3 is 0 Å². The largest absolute Gasteiger partial charge is 0.243 e. The summed E-state index contributed by atoms with van der Waals surface area (Å²) in [5.74, 6) is -0.00914. The van der Waals surface area contributed by atoms with E-state index in [1.165, 1.54) is 22.5 Å². The van der Waals surface area contributed by atoms with Gasteiger partial charge in [-0.25, -0.2) is 17.1 Å². The molecule has 1 aliphatic rings. The Labute approximate surface area is 122 Å². The van der Waals surface area contributed by atoms with Gasteiger partial charge in [-0.05, 0) is 49.4 Å². The smallest absolute Gasteiger partial charge is 0.207 e. The van der Waals surface area contributed by atoms with Gasteiger partial charge < -0.3 is 0 Å². The quantitative estimate of drug-likeness (QED) is 0.783. The highest BCUT2D eigenvalue weighted by Gasteiger charge is 2.31. The summed E-state index contributed by atoms with van der Waals surface area (Å²) in [5, 5.41) is 0. The summed E-state index contributed by atoms with van der Waals surface area (Å²) >= 11 is 3.50. The third-order valence-electron chi connectivity index (χ3n) is 3.52. The van der Waals surface area contributed by atoms with Crippen molar-refractivity contribution in [3.8, 4) is 0 Å². The first-order valence-electron chi connectivity index (χ1n) is 6.17. The summed E-state index contributed by atoms with van der Waals surface area (Å²) in [5.41, 5.74) is 0.443. The summed E-state index contributed by atoms with van der Waals surface area (Å²) in [6.45, 7) is 2.13.